The fraction of sp³-hybridized carbons (Fsp3) is 0.625. The average molecular weight is 459 g/mol. The van der Waals surface area contributed by atoms with Crippen LogP contribution in [-0.2, 0) is 22.3 Å². The van der Waals surface area contributed by atoms with Crippen molar-refractivity contribution in [2.75, 3.05) is 45.3 Å². The molecular formula is C24H34N4O3S. The number of anilines is 1. The van der Waals surface area contributed by atoms with Crippen LogP contribution in [0.2, 0.25) is 0 Å². The van der Waals surface area contributed by atoms with Gasteiger partial charge < -0.3 is 19.3 Å². The molecule has 8 heteroatoms. The first-order valence-electron chi connectivity index (χ1n) is 11.7. The molecule has 2 aliphatic rings. The van der Waals surface area contributed by atoms with Gasteiger partial charge in [0.1, 0.15) is 15.5 Å². The summed E-state index contributed by atoms with van der Waals surface area (Å²) in [4.78, 5) is 28.6. The molecule has 174 valence electrons. The lowest BCUT2D eigenvalue weighted by Crippen LogP contribution is -2.37. The number of nitrogens with zero attached hydrogens (tertiary/aromatic N) is 4. The second-order valence-corrected chi connectivity index (χ2v) is 10.0. The average Bonchev–Trinajstić information content (AvgIpc) is 3.10. The van der Waals surface area contributed by atoms with E-state index in [-0.39, 0.29) is 12.1 Å². The van der Waals surface area contributed by atoms with Crippen molar-refractivity contribution in [3.63, 3.8) is 0 Å². The number of esters is 1. The first kappa shape index (κ1) is 23.0. The Morgan fingerprint density at radius 2 is 1.84 bits per heavy atom. The number of carbonyl (C=O) groups is 1. The smallest absolute Gasteiger partial charge is 0.350 e. The van der Waals surface area contributed by atoms with E-state index in [0.717, 1.165) is 61.6 Å². The molecule has 0 unspecified atom stereocenters. The van der Waals surface area contributed by atoms with Crippen LogP contribution in [0.3, 0.4) is 0 Å². The van der Waals surface area contributed by atoms with Crippen molar-refractivity contribution in [2.24, 2.45) is 4.99 Å². The van der Waals surface area contributed by atoms with Gasteiger partial charge in [-0.15, -0.1) is 11.3 Å². The van der Waals surface area contributed by atoms with Gasteiger partial charge in [-0.3, -0.25) is 0 Å². The van der Waals surface area contributed by atoms with Crippen LogP contribution in [0.1, 0.15) is 60.3 Å². The molecule has 1 fully saturated rings. The molecule has 1 aliphatic heterocycles. The number of aryl methyl sites for hydroxylation is 1. The minimum Gasteiger partial charge on any atom is -0.459 e. The molecule has 1 saturated heterocycles. The number of morpholine rings is 1. The van der Waals surface area contributed by atoms with Crippen molar-refractivity contribution in [1.29, 1.82) is 0 Å². The maximum absolute atomic E-state index is 13.0. The van der Waals surface area contributed by atoms with Gasteiger partial charge in [-0.05, 0) is 50.7 Å². The monoisotopic (exact) mass is 458 g/mol. The molecule has 32 heavy (non-hydrogen) atoms. The van der Waals surface area contributed by atoms with Gasteiger partial charge in [0.05, 0.1) is 31.3 Å². The summed E-state index contributed by atoms with van der Waals surface area (Å²) in [6, 6.07) is 0. The molecule has 4 rings (SSSR count). The van der Waals surface area contributed by atoms with Gasteiger partial charge >= 0.3 is 5.97 Å². The SMILES string of the molecule is CC(C)OC(=O)c1sc2nc(N3CCOCC3)c3c(c2c1N=CN(C)C)CCCCCC3. The molecule has 2 aromatic heterocycles. The molecule has 0 spiro atoms. The summed E-state index contributed by atoms with van der Waals surface area (Å²) >= 11 is 1.41. The fourth-order valence-corrected chi connectivity index (χ4v) is 5.48. The van der Waals surface area contributed by atoms with Crippen molar-refractivity contribution in [2.45, 2.75) is 58.5 Å². The van der Waals surface area contributed by atoms with E-state index in [4.69, 9.17) is 19.5 Å². The third-order valence-electron chi connectivity index (χ3n) is 5.87. The fourth-order valence-electron chi connectivity index (χ4n) is 4.45. The van der Waals surface area contributed by atoms with Crippen molar-refractivity contribution < 1.29 is 14.3 Å². The summed E-state index contributed by atoms with van der Waals surface area (Å²) in [5.41, 5.74) is 3.37. The zero-order valence-corrected chi connectivity index (χ0v) is 20.5. The predicted molar refractivity (Wildman–Crippen MR) is 131 cm³/mol. The predicted octanol–water partition coefficient (Wildman–Crippen LogP) is 4.58. The van der Waals surface area contributed by atoms with Gasteiger partial charge in [0.2, 0.25) is 0 Å². The van der Waals surface area contributed by atoms with E-state index in [1.807, 2.05) is 32.8 Å². The number of carbonyl (C=O) groups excluding carboxylic acids is 1. The van der Waals surface area contributed by atoms with Crippen molar-refractivity contribution in [1.82, 2.24) is 9.88 Å². The molecule has 1 aliphatic carbocycles. The van der Waals surface area contributed by atoms with Crippen LogP contribution in [-0.4, -0.2) is 68.7 Å². The van der Waals surface area contributed by atoms with Crippen LogP contribution in [0.5, 0.6) is 0 Å². The highest BCUT2D eigenvalue weighted by molar-refractivity contribution is 7.21. The van der Waals surface area contributed by atoms with Crippen LogP contribution < -0.4 is 4.90 Å². The van der Waals surface area contributed by atoms with Gasteiger partial charge in [0.25, 0.3) is 0 Å². The van der Waals surface area contributed by atoms with Crippen LogP contribution in [0.25, 0.3) is 10.2 Å². The summed E-state index contributed by atoms with van der Waals surface area (Å²) in [6.07, 6.45) is 8.39. The summed E-state index contributed by atoms with van der Waals surface area (Å²) in [5.74, 6) is 0.757. The summed E-state index contributed by atoms with van der Waals surface area (Å²) in [7, 11) is 3.87. The second kappa shape index (κ2) is 10.2. The molecular weight excluding hydrogens is 424 g/mol. The van der Waals surface area contributed by atoms with E-state index < -0.39 is 0 Å². The number of aromatic nitrogens is 1. The van der Waals surface area contributed by atoms with Crippen LogP contribution >= 0.6 is 11.3 Å². The topological polar surface area (TPSA) is 67.3 Å². The Morgan fingerprint density at radius 3 is 2.50 bits per heavy atom. The number of aliphatic imine (C=N–C) groups is 1. The first-order valence-corrected chi connectivity index (χ1v) is 12.5. The van der Waals surface area contributed by atoms with E-state index >= 15 is 0 Å². The third kappa shape index (κ3) is 4.91. The van der Waals surface area contributed by atoms with Crippen LogP contribution in [0.15, 0.2) is 4.99 Å². The molecule has 0 radical (unpaired) electrons. The highest BCUT2D eigenvalue weighted by Gasteiger charge is 2.28. The number of pyridine rings is 1. The van der Waals surface area contributed by atoms with Crippen LogP contribution in [0.4, 0.5) is 11.5 Å². The summed E-state index contributed by atoms with van der Waals surface area (Å²) in [6.45, 7) is 6.90. The Morgan fingerprint density at radius 1 is 1.16 bits per heavy atom. The quantitative estimate of drug-likeness (QED) is 0.371. The minimum atomic E-state index is -0.318. The Labute approximate surface area is 194 Å². The molecule has 7 nitrogen and oxygen atoms in total. The zero-order valence-electron chi connectivity index (χ0n) is 19.6. The van der Waals surface area contributed by atoms with Crippen molar-refractivity contribution in [3.05, 3.63) is 16.0 Å². The number of hydrogen-bond acceptors (Lipinski definition) is 7. The van der Waals surface area contributed by atoms with E-state index in [0.29, 0.717) is 10.6 Å². The third-order valence-corrected chi connectivity index (χ3v) is 6.92. The van der Waals surface area contributed by atoms with Crippen LogP contribution in [0, 0.1) is 0 Å². The number of ether oxygens (including phenoxy) is 2. The first-order chi connectivity index (χ1) is 15.5. The lowest BCUT2D eigenvalue weighted by molar-refractivity contribution is 0.0385. The molecule has 0 bridgehead atoms. The molecule has 0 N–H and O–H groups in total. The van der Waals surface area contributed by atoms with Crippen molar-refractivity contribution in [3.8, 4) is 0 Å². The maximum atomic E-state index is 13.0. The molecule has 0 aromatic carbocycles. The maximum Gasteiger partial charge on any atom is 0.350 e. The Hall–Kier alpha value is -2.19. The van der Waals surface area contributed by atoms with E-state index in [1.165, 1.54) is 41.7 Å². The molecule has 0 amide bonds. The van der Waals surface area contributed by atoms with Gasteiger partial charge in [-0.2, -0.15) is 0 Å². The zero-order chi connectivity index (χ0) is 22.7. The lowest BCUT2D eigenvalue weighted by atomic mass is 9.91. The minimum absolute atomic E-state index is 0.184. The number of hydrogen-bond donors (Lipinski definition) is 0. The Bertz CT molecular complexity index is 993. The van der Waals surface area contributed by atoms with Gasteiger partial charge in [-0.25, -0.2) is 14.8 Å². The second-order valence-electron chi connectivity index (χ2n) is 9.03. The lowest BCUT2D eigenvalue weighted by Gasteiger charge is -2.31. The normalized spacial score (nSPS) is 17.5. The van der Waals surface area contributed by atoms with Gasteiger partial charge in [0, 0.05) is 32.6 Å². The Balaban J connectivity index is 1.95. The largest absolute Gasteiger partial charge is 0.459 e. The summed E-state index contributed by atoms with van der Waals surface area (Å²) < 4.78 is 11.2. The van der Waals surface area contributed by atoms with E-state index in [1.54, 1.807) is 6.34 Å². The van der Waals surface area contributed by atoms with Gasteiger partial charge in [-0.1, -0.05) is 12.8 Å². The van der Waals surface area contributed by atoms with Gasteiger partial charge in [0.15, 0.2) is 0 Å². The number of rotatable bonds is 5. The molecule has 3 heterocycles. The number of thiophene rings is 1. The van der Waals surface area contributed by atoms with E-state index in [9.17, 15) is 4.79 Å². The van der Waals surface area contributed by atoms with E-state index in [2.05, 4.69) is 4.90 Å². The highest BCUT2D eigenvalue weighted by atomic mass is 32.1. The Kier molecular flexibility index (Phi) is 7.30. The molecule has 2 aromatic rings. The highest BCUT2D eigenvalue weighted by Crippen LogP contribution is 2.44. The number of fused-ring (bicyclic) bond motifs is 3. The molecule has 0 atom stereocenters. The molecule has 0 saturated carbocycles. The van der Waals surface area contributed by atoms with Crippen molar-refractivity contribution >= 4 is 45.4 Å². The standard InChI is InChI=1S/C24H34N4O3S/c1-16(2)31-24(29)21-20(25-15-27(3)4)19-17-9-7-5-6-8-10-18(17)22(26-23(19)32-21)28-11-13-30-14-12-28/h15-16H,5-14H2,1-4H3. The summed E-state index contributed by atoms with van der Waals surface area (Å²) in [5, 5.41) is 1.04.